The van der Waals surface area contributed by atoms with Gasteiger partial charge in [0, 0.05) is 29.9 Å². The Hall–Kier alpha value is -2.77. The number of thioether (sulfide) groups is 1. The molecule has 0 spiro atoms. The molecule has 0 saturated heterocycles. The third-order valence-corrected chi connectivity index (χ3v) is 6.19. The third-order valence-electron chi connectivity index (χ3n) is 4.81. The molecule has 0 atom stereocenters. The molecule has 0 aliphatic carbocycles. The monoisotopic (exact) mass is 440 g/mol. The van der Waals surface area contributed by atoms with Crippen LogP contribution in [-0.2, 0) is 19.4 Å². The fourth-order valence-corrected chi connectivity index (χ4v) is 4.31. The summed E-state index contributed by atoms with van der Waals surface area (Å²) >= 11 is 7.64. The van der Waals surface area contributed by atoms with Gasteiger partial charge in [-0.1, -0.05) is 41.6 Å². The first-order chi connectivity index (χ1) is 14.4. The molecule has 2 aromatic carbocycles. The van der Waals surface area contributed by atoms with Crippen LogP contribution >= 0.6 is 23.4 Å². The Morgan fingerprint density at radius 2 is 1.97 bits per heavy atom. The van der Waals surface area contributed by atoms with Gasteiger partial charge >= 0.3 is 0 Å². The molecule has 30 heavy (non-hydrogen) atoms. The van der Waals surface area contributed by atoms with Crippen LogP contribution in [0.25, 0.3) is 10.9 Å². The van der Waals surface area contributed by atoms with Crippen LogP contribution in [0.4, 0.5) is 0 Å². The minimum Gasteiger partial charge on any atom is -0.484 e. The van der Waals surface area contributed by atoms with E-state index in [1.165, 1.54) is 11.8 Å². The predicted molar refractivity (Wildman–Crippen MR) is 120 cm³/mol. The van der Waals surface area contributed by atoms with Crippen LogP contribution in [0.5, 0.6) is 5.75 Å². The number of nitrogens with one attached hydrogen (secondary N) is 1. The number of benzene rings is 2. The lowest BCUT2D eigenvalue weighted by Crippen LogP contribution is -2.07. The van der Waals surface area contributed by atoms with Crippen LogP contribution in [0.15, 0.2) is 52.4 Å². The second kappa shape index (κ2) is 8.53. The summed E-state index contributed by atoms with van der Waals surface area (Å²) in [7, 11) is 1.89. The molecule has 4 rings (SSSR count). The van der Waals surface area contributed by atoms with Crippen LogP contribution in [0.3, 0.4) is 0 Å². The molecule has 0 unspecified atom stereocenters. The highest BCUT2D eigenvalue weighted by atomic mass is 35.5. The van der Waals surface area contributed by atoms with Crippen molar-refractivity contribution >= 4 is 34.3 Å². The number of nitrogens with zero attached hydrogens (tertiary/aromatic N) is 3. The van der Waals surface area contributed by atoms with Crippen molar-refractivity contribution in [3.8, 4) is 5.75 Å². The summed E-state index contributed by atoms with van der Waals surface area (Å²) in [6.07, 6.45) is 0. The number of aromatic nitrogens is 4. The first kappa shape index (κ1) is 20.5. The molecule has 0 bridgehead atoms. The third kappa shape index (κ3) is 4.22. The quantitative estimate of drug-likeness (QED) is 0.436. The first-order valence-corrected chi connectivity index (χ1v) is 10.8. The van der Waals surface area contributed by atoms with E-state index in [0.717, 1.165) is 32.9 Å². The molecule has 0 amide bonds. The van der Waals surface area contributed by atoms with Gasteiger partial charge in [0.25, 0.3) is 0 Å². The predicted octanol–water partition coefficient (Wildman–Crippen LogP) is 4.80. The number of hydrogen-bond donors (Lipinski definition) is 1. The van der Waals surface area contributed by atoms with Gasteiger partial charge in [-0.15, -0.1) is 10.2 Å². The topological polar surface area (TPSA) is 72.8 Å². The summed E-state index contributed by atoms with van der Waals surface area (Å²) in [4.78, 5) is 15.9. The fourth-order valence-electron chi connectivity index (χ4n) is 3.28. The number of rotatable bonds is 6. The lowest BCUT2D eigenvalue weighted by molar-refractivity contribution is 0.290. The van der Waals surface area contributed by atoms with Crippen molar-refractivity contribution in [2.45, 2.75) is 31.4 Å². The number of aromatic amines is 1. The Balaban J connectivity index is 1.48. The van der Waals surface area contributed by atoms with E-state index in [-0.39, 0.29) is 12.0 Å². The highest BCUT2D eigenvalue weighted by Gasteiger charge is 2.12. The molecule has 0 saturated carbocycles. The lowest BCUT2D eigenvalue weighted by atomic mass is 10.1. The summed E-state index contributed by atoms with van der Waals surface area (Å²) in [6, 6.07) is 13.0. The van der Waals surface area contributed by atoms with E-state index in [1.54, 1.807) is 12.1 Å². The highest BCUT2D eigenvalue weighted by molar-refractivity contribution is 7.98. The van der Waals surface area contributed by atoms with Gasteiger partial charge in [-0.3, -0.25) is 4.79 Å². The van der Waals surface area contributed by atoms with Gasteiger partial charge in [0.05, 0.1) is 10.5 Å². The van der Waals surface area contributed by atoms with E-state index >= 15 is 0 Å². The second-order valence-electron chi connectivity index (χ2n) is 7.13. The molecule has 2 heterocycles. The number of H-pyrrole nitrogens is 1. The minimum absolute atomic E-state index is 0.0259. The number of halogens is 1. The summed E-state index contributed by atoms with van der Waals surface area (Å²) in [5.74, 6) is 1.88. The summed E-state index contributed by atoms with van der Waals surface area (Å²) in [5, 5.41) is 10.5. The van der Waals surface area contributed by atoms with E-state index < -0.39 is 0 Å². The van der Waals surface area contributed by atoms with Crippen LogP contribution in [-0.4, -0.2) is 19.7 Å². The fraction of sp³-hybridized carbons (Fsp3) is 0.227. The van der Waals surface area contributed by atoms with Gasteiger partial charge in [0.15, 0.2) is 16.4 Å². The van der Waals surface area contributed by atoms with Crippen molar-refractivity contribution in [3.05, 3.63) is 80.4 Å². The van der Waals surface area contributed by atoms with Crippen molar-refractivity contribution in [1.82, 2.24) is 19.7 Å². The first-order valence-electron chi connectivity index (χ1n) is 9.44. The van der Waals surface area contributed by atoms with Crippen molar-refractivity contribution in [3.63, 3.8) is 0 Å². The normalized spacial score (nSPS) is 11.2. The molecule has 0 aliphatic heterocycles. The Labute approximate surface area is 183 Å². The summed E-state index contributed by atoms with van der Waals surface area (Å²) < 4.78 is 7.64. The molecular weight excluding hydrogens is 420 g/mol. The van der Waals surface area contributed by atoms with E-state index in [4.69, 9.17) is 16.3 Å². The maximum absolute atomic E-state index is 12.5. The van der Waals surface area contributed by atoms with Crippen molar-refractivity contribution < 1.29 is 4.74 Å². The van der Waals surface area contributed by atoms with Crippen LogP contribution in [0.1, 0.15) is 22.6 Å². The Morgan fingerprint density at radius 1 is 1.17 bits per heavy atom. The van der Waals surface area contributed by atoms with Crippen LogP contribution < -0.4 is 10.2 Å². The number of ether oxygens (including phenoxy) is 1. The molecule has 2 aromatic heterocycles. The molecule has 0 radical (unpaired) electrons. The number of para-hydroxylation sites is 1. The lowest BCUT2D eigenvalue weighted by Gasteiger charge is -2.09. The number of hydrogen-bond acceptors (Lipinski definition) is 5. The molecule has 4 aromatic rings. The molecule has 8 heteroatoms. The van der Waals surface area contributed by atoms with E-state index in [9.17, 15) is 4.79 Å². The van der Waals surface area contributed by atoms with Gasteiger partial charge < -0.3 is 14.3 Å². The Bertz CT molecular complexity index is 1280. The highest BCUT2D eigenvalue weighted by Crippen LogP contribution is 2.25. The molecular formula is C22H21ClN4O2S. The molecule has 1 N–H and O–H groups in total. The zero-order chi connectivity index (χ0) is 21.3. The average molecular weight is 441 g/mol. The molecule has 154 valence electrons. The number of pyridine rings is 1. The smallest absolute Gasteiger partial charge is 0.191 e. The minimum atomic E-state index is 0.0259. The SMILES string of the molecule is Cc1cc(C)c2[nH]c(CSc3nnc(COc4ccccc4Cl)n3C)cc(=O)c2c1. The number of aryl methyl sites for hydroxylation is 2. The molecule has 6 nitrogen and oxygen atoms in total. The average Bonchev–Trinajstić information content (AvgIpc) is 3.06. The summed E-state index contributed by atoms with van der Waals surface area (Å²) in [5.41, 5.74) is 3.90. The second-order valence-corrected chi connectivity index (χ2v) is 8.48. The zero-order valence-corrected chi connectivity index (χ0v) is 18.5. The van der Waals surface area contributed by atoms with E-state index in [0.29, 0.717) is 22.3 Å². The van der Waals surface area contributed by atoms with Crippen molar-refractivity contribution in [2.75, 3.05) is 0 Å². The van der Waals surface area contributed by atoms with E-state index in [1.807, 2.05) is 49.7 Å². The van der Waals surface area contributed by atoms with Gasteiger partial charge in [0.1, 0.15) is 12.4 Å². The Kier molecular flexibility index (Phi) is 5.83. The molecule has 0 aliphatic rings. The number of fused-ring (bicyclic) bond motifs is 1. The summed E-state index contributed by atoms with van der Waals surface area (Å²) in [6.45, 7) is 4.27. The molecule has 0 fully saturated rings. The standard InChI is InChI=1S/C22H21ClN4O2S/c1-13-8-14(2)21-16(9-13)18(28)10-15(24-21)12-30-22-26-25-20(27(22)3)11-29-19-7-5-4-6-17(19)23/h4-10H,11-12H2,1-3H3,(H,24,28). The van der Waals surface area contributed by atoms with E-state index in [2.05, 4.69) is 21.2 Å². The Morgan fingerprint density at radius 3 is 2.77 bits per heavy atom. The maximum Gasteiger partial charge on any atom is 0.191 e. The van der Waals surface area contributed by atoms with Crippen molar-refractivity contribution in [1.29, 1.82) is 0 Å². The van der Waals surface area contributed by atoms with Gasteiger partial charge in [-0.05, 0) is 43.2 Å². The van der Waals surface area contributed by atoms with Crippen LogP contribution in [0.2, 0.25) is 5.02 Å². The van der Waals surface area contributed by atoms with Gasteiger partial charge in [0.2, 0.25) is 0 Å². The maximum atomic E-state index is 12.5. The van der Waals surface area contributed by atoms with Gasteiger partial charge in [-0.2, -0.15) is 0 Å². The van der Waals surface area contributed by atoms with Gasteiger partial charge in [-0.25, -0.2) is 0 Å². The van der Waals surface area contributed by atoms with Crippen molar-refractivity contribution in [2.24, 2.45) is 7.05 Å². The van der Waals surface area contributed by atoms with Crippen LogP contribution in [0, 0.1) is 13.8 Å². The largest absolute Gasteiger partial charge is 0.484 e. The zero-order valence-electron chi connectivity index (χ0n) is 16.9.